The topological polar surface area (TPSA) is 128 Å². The van der Waals surface area contributed by atoms with Gasteiger partial charge in [0.05, 0.1) is 34.3 Å². The molecule has 6 rings (SSSR count). The molecule has 0 radical (unpaired) electrons. The van der Waals surface area contributed by atoms with E-state index in [0.717, 1.165) is 27.1 Å². The molecule has 2 aromatic carbocycles. The third-order valence-electron chi connectivity index (χ3n) is 8.59. The highest BCUT2D eigenvalue weighted by Gasteiger charge is 2.35. The molecule has 0 bridgehead atoms. The quantitative estimate of drug-likeness (QED) is 0.334. The third-order valence-corrected chi connectivity index (χ3v) is 9.61. The molecule has 1 aliphatic carbocycles. The van der Waals surface area contributed by atoms with Crippen molar-refractivity contribution in [2.45, 2.75) is 63.2 Å². The molecule has 0 saturated carbocycles. The minimum atomic E-state index is -1.09. The van der Waals surface area contributed by atoms with Crippen LogP contribution >= 0.6 is 11.3 Å². The first-order chi connectivity index (χ1) is 20.2. The van der Waals surface area contributed by atoms with Crippen LogP contribution in [0.25, 0.3) is 21.3 Å². The Morgan fingerprint density at radius 1 is 1.14 bits per heavy atom. The van der Waals surface area contributed by atoms with E-state index >= 15 is 0 Å². The van der Waals surface area contributed by atoms with Crippen LogP contribution in [0, 0.1) is 0 Å². The molecule has 9 nitrogen and oxygen atoms in total. The number of amides is 2. The Hall–Kier alpha value is -4.02. The van der Waals surface area contributed by atoms with E-state index < -0.39 is 11.7 Å². The number of ether oxygens (including phenoxy) is 1. The fourth-order valence-corrected chi connectivity index (χ4v) is 7.17. The SMILES string of the molecule is C[C@H](CC(=O)N1CCC(O)(Cn2cnc3c(-c4ccc5c(c4)CC(OC(N)=O)C5)scc3c2=O)CC1)c1ccccc1. The standard InChI is InChI=1S/C32H34N4O5S/c1-20(21-5-3-2-4-6-21)13-27(37)35-11-9-32(40,10-12-35)18-36-19-34-28-26(30(36)38)17-42-29(28)23-8-7-22-15-25(41-31(33)39)16-24(22)14-23/h2-8,14,17,19-20,25,40H,9-13,15-16,18H2,1H3,(H2,33,39)/t20-,25?/m1/s1. The molecule has 1 unspecified atom stereocenters. The van der Waals surface area contributed by atoms with Gasteiger partial charge in [-0.25, -0.2) is 9.78 Å². The Kier molecular flexibility index (Phi) is 7.59. The Bertz CT molecular complexity index is 1690. The van der Waals surface area contributed by atoms with E-state index in [1.165, 1.54) is 22.2 Å². The van der Waals surface area contributed by atoms with Gasteiger partial charge in [0, 0.05) is 37.7 Å². The van der Waals surface area contributed by atoms with Gasteiger partial charge in [0.15, 0.2) is 0 Å². The Morgan fingerprint density at radius 2 is 1.88 bits per heavy atom. The molecule has 2 atom stereocenters. The van der Waals surface area contributed by atoms with Crippen molar-refractivity contribution in [3.05, 3.63) is 87.3 Å². The zero-order valence-corrected chi connectivity index (χ0v) is 24.3. The zero-order valence-electron chi connectivity index (χ0n) is 23.5. The van der Waals surface area contributed by atoms with Gasteiger partial charge in [-0.2, -0.15) is 0 Å². The van der Waals surface area contributed by atoms with Crippen molar-refractivity contribution in [2.24, 2.45) is 5.73 Å². The van der Waals surface area contributed by atoms with Gasteiger partial charge in [-0.15, -0.1) is 11.3 Å². The predicted molar refractivity (Wildman–Crippen MR) is 161 cm³/mol. The number of aromatic nitrogens is 2. The highest BCUT2D eigenvalue weighted by atomic mass is 32.1. The Labute approximate surface area is 247 Å². The molecular formula is C32H34N4O5S. The van der Waals surface area contributed by atoms with Crippen molar-refractivity contribution in [3.8, 4) is 10.4 Å². The number of carbonyl (C=O) groups excluding carboxylic acids is 2. The van der Waals surface area contributed by atoms with Gasteiger partial charge in [0.25, 0.3) is 5.56 Å². The van der Waals surface area contributed by atoms with E-state index in [1.807, 2.05) is 52.7 Å². The fraction of sp³-hybridized carbons (Fsp3) is 0.375. The molecule has 2 aromatic heterocycles. The first-order valence-electron chi connectivity index (χ1n) is 14.3. The summed E-state index contributed by atoms with van der Waals surface area (Å²) in [6.07, 6.45) is 2.94. The summed E-state index contributed by atoms with van der Waals surface area (Å²) in [5.74, 6) is 0.206. The van der Waals surface area contributed by atoms with E-state index in [9.17, 15) is 19.5 Å². The number of fused-ring (bicyclic) bond motifs is 2. The number of benzene rings is 2. The van der Waals surface area contributed by atoms with Gasteiger partial charge >= 0.3 is 6.09 Å². The maximum atomic E-state index is 13.4. The van der Waals surface area contributed by atoms with Crippen LogP contribution in [0.4, 0.5) is 4.79 Å². The van der Waals surface area contributed by atoms with Crippen molar-refractivity contribution >= 4 is 34.2 Å². The largest absolute Gasteiger partial charge is 0.446 e. The summed E-state index contributed by atoms with van der Waals surface area (Å²) in [4.78, 5) is 44.9. The molecule has 2 amide bonds. The van der Waals surface area contributed by atoms with E-state index in [2.05, 4.69) is 18.0 Å². The summed E-state index contributed by atoms with van der Waals surface area (Å²) >= 11 is 1.46. The average molecular weight is 587 g/mol. The number of hydrogen-bond donors (Lipinski definition) is 2. The first-order valence-corrected chi connectivity index (χ1v) is 15.2. The van der Waals surface area contributed by atoms with Gasteiger partial charge in [-0.1, -0.05) is 49.4 Å². The van der Waals surface area contributed by atoms with E-state index in [1.54, 1.807) is 0 Å². The van der Waals surface area contributed by atoms with Gasteiger partial charge in [0.1, 0.15) is 6.10 Å². The molecule has 2 aliphatic rings. The number of rotatable bonds is 7. The second-order valence-corrected chi connectivity index (χ2v) is 12.5. The highest BCUT2D eigenvalue weighted by molar-refractivity contribution is 7.15. The number of likely N-dealkylation sites (tertiary alicyclic amines) is 1. The van der Waals surface area contributed by atoms with Gasteiger partial charge < -0.3 is 20.5 Å². The number of hydrogen-bond acceptors (Lipinski definition) is 7. The number of aliphatic hydroxyl groups is 1. The van der Waals surface area contributed by atoms with Crippen molar-refractivity contribution in [2.75, 3.05) is 13.1 Å². The van der Waals surface area contributed by atoms with Crippen LogP contribution in [0.2, 0.25) is 0 Å². The highest BCUT2D eigenvalue weighted by Crippen LogP contribution is 2.36. The van der Waals surface area contributed by atoms with E-state index in [4.69, 9.17) is 10.5 Å². The normalized spacial score (nSPS) is 18.5. The van der Waals surface area contributed by atoms with Crippen LogP contribution < -0.4 is 11.3 Å². The number of piperidine rings is 1. The van der Waals surface area contributed by atoms with E-state index in [-0.39, 0.29) is 30.0 Å². The van der Waals surface area contributed by atoms with E-state index in [0.29, 0.717) is 56.1 Å². The molecule has 218 valence electrons. The smallest absolute Gasteiger partial charge is 0.404 e. The maximum Gasteiger partial charge on any atom is 0.404 e. The van der Waals surface area contributed by atoms with Crippen molar-refractivity contribution in [1.29, 1.82) is 0 Å². The minimum Gasteiger partial charge on any atom is -0.446 e. The number of carbonyl (C=O) groups is 2. The fourth-order valence-electron chi connectivity index (χ4n) is 6.19. The summed E-state index contributed by atoms with van der Waals surface area (Å²) in [7, 11) is 0. The molecule has 1 aliphatic heterocycles. The molecule has 4 aromatic rings. The van der Waals surface area contributed by atoms with Gasteiger partial charge in [0.2, 0.25) is 5.91 Å². The molecule has 3 N–H and O–H groups in total. The van der Waals surface area contributed by atoms with Gasteiger partial charge in [-0.3, -0.25) is 14.2 Å². The van der Waals surface area contributed by atoms with Crippen LogP contribution in [0.3, 0.4) is 0 Å². The van der Waals surface area contributed by atoms with Gasteiger partial charge in [-0.05, 0) is 47.1 Å². The molecule has 10 heteroatoms. The second-order valence-electron chi connectivity index (χ2n) is 11.6. The average Bonchev–Trinajstić information content (AvgIpc) is 3.58. The van der Waals surface area contributed by atoms with Crippen LogP contribution in [-0.2, 0) is 28.9 Å². The first kappa shape index (κ1) is 28.1. The minimum absolute atomic E-state index is 0.0851. The molecule has 1 saturated heterocycles. The molecule has 0 spiro atoms. The predicted octanol–water partition coefficient (Wildman–Crippen LogP) is 4.23. The number of nitrogens with two attached hydrogens (primary N) is 1. The summed E-state index contributed by atoms with van der Waals surface area (Å²) in [6.45, 7) is 3.09. The lowest BCUT2D eigenvalue weighted by atomic mass is 9.90. The van der Waals surface area contributed by atoms with Crippen LogP contribution in [0.1, 0.15) is 48.8 Å². The second kappa shape index (κ2) is 11.3. The lowest BCUT2D eigenvalue weighted by molar-refractivity contribution is -0.136. The maximum absolute atomic E-state index is 13.4. The monoisotopic (exact) mass is 586 g/mol. The lowest BCUT2D eigenvalue weighted by Gasteiger charge is -2.38. The molecule has 3 heterocycles. The summed E-state index contributed by atoms with van der Waals surface area (Å²) in [6, 6.07) is 16.1. The Balaban J connectivity index is 1.12. The van der Waals surface area contributed by atoms with Crippen molar-refractivity contribution < 1.29 is 19.4 Å². The van der Waals surface area contributed by atoms with Crippen molar-refractivity contribution in [1.82, 2.24) is 14.5 Å². The van der Waals surface area contributed by atoms with Crippen molar-refractivity contribution in [3.63, 3.8) is 0 Å². The number of primary amides is 1. The lowest BCUT2D eigenvalue weighted by Crippen LogP contribution is -2.49. The molecular weight excluding hydrogens is 552 g/mol. The molecule has 42 heavy (non-hydrogen) atoms. The third kappa shape index (κ3) is 5.69. The number of thiophene rings is 1. The van der Waals surface area contributed by atoms with Crippen LogP contribution in [-0.4, -0.2) is 56.4 Å². The van der Waals surface area contributed by atoms with Crippen LogP contribution in [0.5, 0.6) is 0 Å². The number of nitrogens with zero attached hydrogens (tertiary/aromatic N) is 3. The van der Waals surface area contributed by atoms with Crippen LogP contribution in [0.15, 0.2) is 65.0 Å². The summed E-state index contributed by atoms with van der Waals surface area (Å²) < 4.78 is 6.68. The Morgan fingerprint density at radius 3 is 2.62 bits per heavy atom. The summed E-state index contributed by atoms with van der Waals surface area (Å²) in [5, 5.41) is 13.7. The zero-order chi connectivity index (χ0) is 29.4. The molecule has 1 fully saturated rings. The summed E-state index contributed by atoms with van der Waals surface area (Å²) in [5.41, 5.74) is 8.84.